The second-order valence-electron chi connectivity index (χ2n) is 5.32. The summed E-state index contributed by atoms with van der Waals surface area (Å²) in [6, 6.07) is 4.19. The van der Waals surface area contributed by atoms with Crippen molar-refractivity contribution in [2.24, 2.45) is 5.92 Å². The number of nitro benzene ring substituents is 1. The fourth-order valence-corrected chi connectivity index (χ4v) is 2.22. The van der Waals surface area contributed by atoms with Crippen LogP contribution in [-0.4, -0.2) is 28.8 Å². The molecule has 6 heteroatoms. The van der Waals surface area contributed by atoms with Crippen molar-refractivity contribution in [3.8, 4) is 0 Å². The Bertz CT molecular complexity index is 517. The quantitative estimate of drug-likeness (QED) is 0.614. The van der Waals surface area contributed by atoms with E-state index in [-0.39, 0.29) is 28.2 Å². The minimum Gasteiger partial charge on any atom is -0.339 e. The predicted molar refractivity (Wildman–Crippen MR) is 79.1 cm³/mol. The second-order valence-corrected chi connectivity index (χ2v) is 5.73. The van der Waals surface area contributed by atoms with E-state index >= 15 is 0 Å². The molecule has 0 radical (unpaired) electrons. The van der Waals surface area contributed by atoms with E-state index in [1.54, 1.807) is 11.9 Å². The van der Waals surface area contributed by atoms with E-state index in [9.17, 15) is 14.9 Å². The molecule has 0 aromatic heterocycles. The Kier molecular flexibility index (Phi) is 5.51. The maximum absolute atomic E-state index is 12.3. The van der Waals surface area contributed by atoms with Crippen molar-refractivity contribution >= 4 is 23.2 Å². The molecular weight excluding hydrogens is 280 g/mol. The Morgan fingerprint density at radius 2 is 2.00 bits per heavy atom. The van der Waals surface area contributed by atoms with Crippen LogP contribution in [0, 0.1) is 16.0 Å². The summed E-state index contributed by atoms with van der Waals surface area (Å²) in [7, 11) is 1.70. The molecule has 0 spiro atoms. The van der Waals surface area contributed by atoms with Crippen molar-refractivity contribution in [2.45, 2.75) is 33.2 Å². The molecule has 0 saturated carbocycles. The molecule has 0 N–H and O–H groups in total. The Morgan fingerprint density at radius 3 is 2.50 bits per heavy atom. The van der Waals surface area contributed by atoms with E-state index in [1.165, 1.54) is 18.2 Å². The highest BCUT2D eigenvalue weighted by atomic mass is 35.5. The van der Waals surface area contributed by atoms with Crippen molar-refractivity contribution in [3.63, 3.8) is 0 Å². The molecule has 1 aromatic carbocycles. The fraction of sp³-hybridized carbons (Fsp3) is 0.500. The zero-order valence-corrected chi connectivity index (χ0v) is 12.8. The fourth-order valence-electron chi connectivity index (χ4n) is 2.03. The Morgan fingerprint density at radius 1 is 1.40 bits per heavy atom. The summed E-state index contributed by atoms with van der Waals surface area (Å²) in [6.45, 7) is 6.13. The number of hydrogen-bond donors (Lipinski definition) is 0. The number of nitrogens with zero attached hydrogens (tertiary/aromatic N) is 2. The van der Waals surface area contributed by atoms with Gasteiger partial charge in [-0.3, -0.25) is 14.9 Å². The van der Waals surface area contributed by atoms with Gasteiger partial charge in [-0.25, -0.2) is 0 Å². The van der Waals surface area contributed by atoms with Gasteiger partial charge >= 0.3 is 0 Å². The first-order valence-corrected chi connectivity index (χ1v) is 6.83. The lowest BCUT2D eigenvalue weighted by Crippen LogP contribution is -2.35. The molecule has 1 amide bonds. The summed E-state index contributed by atoms with van der Waals surface area (Å²) in [5, 5.41) is 10.9. The Balaban J connectivity index is 2.97. The standard InChI is InChI=1S/C14H19ClN2O3/c1-9(2)7-10(3)16(4)14(18)11-5-6-12(15)13(8-11)17(19)20/h5-6,8-10H,7H2,1-4H3. The largest absolute Gasteiger partial charge is 0.339 e. The van der Waals surface area contributed by atoms with Crippen LogP contribution in [0.15, 0.2) is 18.2 Å². The molecule has 0 fully saturated rings. The number of hydrogen-bond acceptors (Lipinski definition) is 3. The van der Waals surface area contributed by atoms with Gasteiger partial charge in [-0.1, -0.05) is 25.4 Å². The van der Waals surface area contributed by atoms with E-state index < -0.39 is 4.92 Å². The number of carbonyl (C=O) groups is 1. The number of amides is 1. The summed E-state index contributed by atoms with van der Waals surface area (Å²) < 4.78 is 0. The second kappa shape index (κ2) is 6.70. The van der Waals surface area contributed by atoms with Crippen LogP contribution >= 0.6 is 11.6 Å². The van der Waals surface area contributed by atoms with Gasteiger partial charge in [-0.15, -0.1) is 0 Å². The average molecular weight is 299 g/mol. The average Bonchev–Trinajstić information content (AvgIpc) is 2.36. The van der Waals surface area contributed by atoms with Gasteiger partial charge in [0.25, 0.3) is 11.6 Å². The molecule has 1 unspecified atom stereocenters. The highest BCUT2D eigenvalue weighted by molar-refractivity contribution is 6.32. The molecule has 20 heavy (non-hydrogen) atoms. The number of nitro groups is 1. The van der Waals surface area contributed by atoms with Crippen LogP contribution in [0.4, 0.5) is 5.69 Å². The molecule has 5 nitrogen and oxygen atoms in total. The van der Waals surface area contributed by atoms with E-state index in [4.69, 9.17) is 11.6 Å². The van der Waals surface area contributed by atoms with Gasteiger partial charge in [-0.2, -0.15) is 0 Å². The number of carbonyl (C=O) groups excluding carboxylic acids is 1. The number of benzene rings is 1. The van der Waals surface area contributed by atoms with E-state index in [0.717, 1.165) is 6.42 Å². The topological polar surface area (TPSA) is 63.5 Å². The maximum Gasteiger partial charge on any atom is 0.288 e. The van der Waals surface area contributed by atoms with Gasteiger partial charge in [0, 0.05) is 24.7 Å². The Labute approximate surface area is 123 Å². The molecule has 1 aromatic rings. The van der Waals surface area contributed by atoms with E-state index in [0.29, 0.717) is 5.92 Å². The first kappa shape index (κ1) is 16.4. The lowest BCUT2D eigenvalue weighted by atomic mass is 10.0. The molecule has 1 atom stereocenters. The highest BCUT2D eigenvalue weighted by Crippen LogP contribution is 2.26. The molecule has 0 aliphatic rings. The van der Waals surface area contributed by atoms with Crippen LogP contribution < -0.4 is 0 Å². The molecule has 0 aliphatic heterocycles. The van der Waals surface area contributed by atoms with Crippen molar-refractivity contribution in [1.29, 1.82) is 0 Å². The summed E-state index contributed by atoms with van der Waals surface area (Å²) in [4.78, 5) is 24.2. The van der Waals surface area contributed by atoms with E-state index in [2.05, 4.69) is 13.8 Å². The lowest BCUT2D eigenvalue weighted by molar-refractivity contribution is -0.384. The first-order chi connectivity index (χ1) is 9.23. The first-order valence-electron chi connectivity index (χ1n) is 6.45. The van der Waals surface area contributed by atoms with Crippen LogP contribution in [0.5, 0.6) is 0 Å². The molecule has 1 rings (SSSR count). The molecule has 110 valence electrons. The van der Waals surface area contributed by atoms with Crippen molar-refractivity contribution in [1.82, 2.24) is 4.90 Å². The predicted octanol–water partition coefficient (Wildman–Crippen LogP) is 3.75. The molecule has 0 saturated heterocycles. The maximum atomic E-state index is 12.3. The van der Waals surface area contributed by atoms with Gasteiger partial charge in [0.1, 0.15) is 5.02 Å². The summed E-state index contributed by atoms with van der Waals surface area (Å²) >= 11 is 5.74. The van der Waals surface area contributed by atoms with Crippen LogP contribution in [0.3, 0.4) is 0 Å². The molecule has 0 heterocycles. The van der Waals surface area contributed by atoms with Crippen LogP contribution in [0.25, 0.3) is 0 Å². The third-order valence-electron chi connectivity index (χ3n) is 3.18. The summed E-state index contributed by atoms with van der Waals surface area (Å²) in [5.41, 5.74) is 0.0293. The van der Waals surface area contributed by atoms with Gasteiger partial charge in [-0.05, 0) is 31.4 Å². The van der Waals surface area contributed by atoms with Crippen LogP contribution in [-0.2, 0) is 0 Å². The number of halogens is 1. The lowest BCUT2D eigenvalue weighted by Gasteiger charge is -2.26. The third kappa shape index (κ3) is 3.93. The Hall–Kier alpha value is -1.62. The van der Waals surface area contributed by atoms with Crippen molar-refractivity contribution in [3.05, 3.63) is 38.9 Å². The van der Waals surface area contributed by atoms with Gasteiger partial charge in [0.2, 0.25) is 0 Å². The number of rotatable bonds is 5. The minimum absolute atomic E-state index is 0.0319. The molecule has 0 aliphatic carbocycles. The summed E-state index contributed by atoms with van der Waals surface area (Å²) in [6.07, 6.45) is 0.873. The van der Waals surface area contributed by atoms with E-state index in [1.807, 2.05) is 6.92 Å². The van der Waals surface area contributed by atoms with Crippen LogP contribution in [0.2, 0.25) is 5.02 Å². The smallest absolute Gasteiger partial charge is 0.288 e. The van der Waals surface area contributed by atoms with Crippen molar-refractivity contribution in [2.75, 3.05) is 7.05 Å². The zero-order valence-electron chi connectivity index (χ0n) is 12.1. The third-order valence-corrected chi connectivity index (χ3v) is 3.50. The minimum atomic E-state index is -0.587. The SMILES string of the molecule is CC(C)CC(C)N(C)C(=O)c1ccc(Cl)c([N+](=O)[O-])c1. The van der Waals surface area contributed by atoms with Crippen LogP contribution in [0.1, 0.15) is 37.6 Å². The normalized spacial score (nSPS) is 12.3. The molecule has 0 bridgehead atoms. The van der Waals surface area contributed by atoms with Gasteiger partial charge < -0.3 is 4.90 Å². The zero-order chi connectivity index (χ0) is 15.4. The summed E-state index contributed by atoms with van der Waals surface area (Å²) in [5.74, 6) is 0.234. The van der Waals surface area contributed by atoms with Gasteiger partial charge in [0.15, 0.2) is 0 Å². The van der Waals surface area contributed by atoms with Gasteiger partial charge in [0.05, 0.1) is 4.92 Å². The van der Waals surface area contributed by atoms with Crippen molar-refractivity contribution < 1.29 is 9.72 Å². The highest BCUT2D eigenvalue weighted by Gasteiger charge is 2.21. The monoisotopic (exact) mass is 298 g/mol. The molecular formula is C14H19ClN2O3.